The van der Waals surface area contributed by atoms with E-state index in [2.05, 4.69) is 0 Å². The molecule has 1 saturated heterocycles. The molecule has 0 spiro atoms. The Morgan fingerprint density at radius 2 is 2.11 bits per heavy atom. The molecule has 1 aromatic carbocycles. The minimum atomic E-state index is -3.39. The lowest BCUT2D eigenvalue weighted by Crippen LogP contribution is -2.29. The minimum absolute atomic E-state index is 0.127. The van der Waals surface area contributed by atoms with Gasteiger partial charge in [-0.15, -0.1) is 0 Å². The van der Waals surface area contributed by atoms with Crippen molar-refractivity contribution in [2.75, 3.05) is 19.7 Å². The van der Waals surface area contributed by atoms with Gasteiger partial charge in [0.15, 0.2) is 0 Å². The van der Waals surface area contributed by atoms with Gasteiger partial charge in [-0.2, -0.15) is 4.31 Å². The summed E-state index contributed by atoms with van der Waals surface area (Å²) < 4.78 is 26.8. The molecule has 2 rings (SSSR count). The maximum Gasteiger partial charge on any atom is 0.243 e. The molecular formula is C14H21NO3S. The van der Waals surface area contributed by atoms with Crippen LogP contribution in [0.25, 0.3) is 0 Å². The lowest BCUT2D eigenvalue weighted by atomic mass is 10.1. The predicted molar refractivity (Wildman–Crippen MR) is 74.5 cm³/mol. The maximum atomic E-state index is 12.6. The van der Waals surface area contributed by atoms with E-state index < -0.39 is 10.0 Å². The zero-order chi connectivity index (χ0) is 14.0. The third kappa shape index (κ3) is 2.99. The van der Waals surface area contributed by atoms with Gasteiger partial charge in [-0.3, -0.25) is 0 Å². The van der Waals surface area contributed by atoms with Crippen LogP contribution in [0.3, 0.4) is 0 Å². The summed E-state index contributed by atoms with van der Waals surface area (Å²) in [6, 6.07) is 5.51. The van der Waals surface area contributed by atoms with E-state index in [0.717, 1.165) is 17.5 Å². The van der Waals surface area contributed by atoms with Gasteiger partial charge < -0.3 is 5.11 Å². The van der Waals surface area contributed by atoms with E-state index in [1.54, 1.807) is 10.4 Å². The number of hydrogen-bond donors (Lipinski definition) is 1. The topological polar surface area (TPSA) is 57.6 Å². The first-order valence-corrected chi connectivity index (χ1v) is 8.07. The molecule has 1 atom stereocenters. The molecule has 4 nitrogen and oxygen atoms in total. The minimum Gasteiger partial charge on any atom is -0.396 e. The van der Waals surface area contributed by atoms with Gasteiger partial charge in [-0.05, 0) is 49.8 Å². The predicted octanol–water partition coefficient (Wildman–Crippen LogP) is 1.70. The van der Waals surface area contributed by atoms with Gasteiger partial charge in [-0.1, -0.05) is 12.1 Å². The molecular weight excluding hydrogens is 262 g/mol. The average molecular weight is 283 g/mol. The van der Waals surface area contributed by atoms with Crippen molar-refractivity contribution < 1.29 is 13.5 Å². The second kappa shape index (κ2) is 5.61. The molecule has 0 amide bonds. The van der Waals surface area contributed by atoms with Crippen LogP contribution in [0.1, 0.15) is 24.0 Å². The van der Waals surface area contributed by atoms with Crippen LogP contribution in [0.15, 0.2) is 23.1 Å². The molecule has 19 heavy (non-hydrogen) atoms. The van der Waals surface area contributed by atoms with Crippen molar-refractivity contribution in [2.24, 2.45) is 5.92 Å². The summed E-state index contributed by atoms with van der Waals surface area (Å²) in [5, 5.41) is 8.95. The number of aryl methyl sites for hydroxylation is 2. The molecule has 106 valence electrons. The third-order valence-corrected chi connectivity index (χ3v) is 5.75. The Labute approximate surface area is 115 Å². The van der Waals surface area contributed by atoms with Crippen molar-refractivity contribution in [2.45, 2.75) is 31.6 Å². The van der Waals surface area contributed by atoms with Crippen LogP contribution in [0, 0.1) is 19.8 Å². The van der Waals surface area contributed by atoms with Crippen molar-refractivity contribution in [3.8, 4) is 0 Å². The summed E-state index contributed by atoms with van der Waals surface area (Å²) in [6.07, 6.45) is 1.52. The van der Waals surface area contributed by atoms with Crippen LogP contribution in [0.4, 0.5) is 0 Å². The van der Waals surface area contributed by atoms with Crippen LogP contribution < -0.4 is 0 Å². The second-order valence-electron chi connectivity index (χ2n) is 5.30. The molecule has 1 N–H and O–H groups in total. The van der Waals surface area contributed by atoms with Gasteiger partial charge in [-0.25, -0.2) is 8.42 Å². The number of sulfonamides is 1. The molecule has 0 saturated carbocycles. The summed E-state index contributed by atoms with van der Waals surface area (Å²) in [4.78, 5) is 0.414. The monoisotopic (exact) mass is 283 g/mol. The van der Waals surface area contributed by atoms with E-state index >= 15 is 0 Å². The van der Waals surface area contributed by atoms with Gasteiger partial charge in [0.05, 0.1) is 4.90 Å². The highest BCUT2D eigenvalue weighted by molar-refractivity contribution is 7.89. The van der Waals surface area contributed by atoms with Crippen LogP contribution in [-0.4, -0.2) is 37.5 Å². The lowest BCUT2D eigenvalue weighted by molar-refractivity contribution is 0.259. The van der Waals surface area contributed by atoms with Gasteiger partial charge in [0.25, 0.3) is 0 Å². The van der Waals surface area contributed by atoms with E-state index in [0.29, 0.717) is 24.4 Å². The molecule has 1 aliphatic rings. The van der Waals surface area contributed by atoms with E-state index in [1.807, 2.05) is 26.0 Å². The largest absolute Gasteiger partial charge is 0.396 e. The molecule has 1 aliphatic heterocycles. The summed E-state index contributed by atoms with van der Waals surface area (Å²) in [5.41, 5.74) is 1.74. The quantitative estimate of drug-likeness (QED) is 0.915. The fourth-order valence-electron chi connectivity index (χ4n) is 2.56. The van der Waals surface area contributed by atoms with E-state index in [-0.39, 0.29) is 12.5 Å². The Bertz CT molecular complexity index is 554. The standard InChI is InChI=1S/C14H21NO3S/c1-11-3-4-12(2)14(9-11)19(17,18)15-7-5-13(10-15)6-8-16/h3-4,9,13,16H,5-8,10H2,1-2H3. The number of aliphatic hydroxyl groups excluding tert-OH is 1. The molecule has 1 aromatic rings. The Kier molecular flexibility index (Phi) is 4.28. The van der Waals surface area contributed by atoms with Crippen LogP contribution >= 0.6 is 0 Å². The van der Waals surface area contributed by atoms with Crippen LogP contribution in [0.5, 0.6) is 0 Å². The van der Waals surface area contributed by atoms with E-state index in [1.165, 1.54) is 0 Å². The van der Waals surface area contributed by atoms with Crippen molar-refractivity contribution >= 4 is 10.0 Å². The van der Waals surface area contributed by atoms with Crippen LogP contribution in [0.2, 0.25) is 0 Å². The normalized spacial score (nSPS) is 20.9. The first-order chi connectivity index (χ1) is 8.95. The molecule has 0 radical (unpaired) electrons. The molecule has 0 bridgehead atoms. The van der Waals surface area contributed by atoms with Crippen molar-refractivity contribution in [3.63, 3.8) is 0 Å². The zero-order valence-corrected chi connectivity index (χ0v) is 12.3. The Hall–Kier alpha value is -0.910. The number of rotatable bonds is 4. The fraction of sp³-hybridized carbons (Fsp3) is 0.571. The molecule has 0 aliphatic carbocycles. The summed E-state index contributed by atoms with van der Waals surface area (Å²) in [7, 11) is -3.39. The van der Waals surface area contributed by atoms with Crippen LogP contribution in [-0.2, 0) is 10.0 Å². The number of hydrogen-bond acceptors (Lipinski definition) is 3. The first kappa shape index (κ1) is 14.5. The highest BCUT2D eigenvalue weighted by Crippen LogP contribution is 2.28. The third-order valence-electron chi connectivity index (χ3n) is 3.75. The second-order valence-corrected chi connectivity index (χ2v) is 7.21. The Morgan fingerprint density at radius 1 is 1.37 bits per heavy atom. The molecule has 0 aromatic heterocycles. The number of aliphatic hydroxyl groups is 1. The number of benzene rings is 1. The smallest absolute Gasteiger partial charge is 0.243 e. The van der Waals surface area contributed by atoms with Gasteiger partial charge in [0.2, 0.25) is 10.0 Å². The van der Waals surface area contributed by atoms with Gasteiger partial charge in [0, 0.05) is 19.7 Å². The summed E-state index contributed by atoms with van der Waals surface area (Å²) in [5.74, 6) is 0.282. The summed E-state index contributed by atoms with van der Waals surface area (Å²) in [6.45, 7) is 4.93. The highest BCUT2D eigenvalue weighted by atomic mass is 32.2. The van der Waals surface area contributed by atoms with E-state index in [4.69, 9.17) is 5.11 Å². The molecule has 5 heteroatoms. The average Bonchev–Trinajstić information content (AvgIpc) is 2.82. The highest BCUT2D eigenvalue weighted by Gasteiger charge is 2.32. The van der Waals surface area contributed by atoms with Crippen molar-refractivity contribution in [3.05, 3.63) is 29.3 Å². The maximum absolute atomic E-state index is 12.6. The summed E-state index contributed by atoms with van der Waals surface area (Å²) >= 11 is 0. The Balaban J connectivity index is 2.26. The Morgan fingerprint density at radius 3 is 2.79 bits per heavy atom. The molecule has 1 unspecified atom stereocenters. The molecule has 1 heterocycles. The number of nitrogens with zero attached hydrogens (tertiary/aromatic N) is 1. The van der Waals surface area contributed by atoms with Gasteiger partial charge >= 0.3 is 0 Å². The first-order valence-electron chi connectivity index (χ1n) is 6.63. The zero-order valence-electron chi connectivity index (χ0n) is 11.5. The molecule has 1 fully saturated rings. The lowest BCUT2D eigenvalue weighted by Gasteiger charge is -2.18. The van der Waals surface area contributed by atoms with Crippen molar-refractivity contribution in [1.29, 1.82) is 0 Å². The fourth-order valence-corrected chi connectivity index (χ4v) is 4.40. The van der Waals surface area contributed by atoms with Gasteiger partial charge in [0.1, 0.15) is 0 Å². The SMILES string of the molecule is Cc1ccc(C)c(S(=O)(=O)N2CCC(CCO)C2)c1. The van der Waals surface area contributed by atoms with E-state index in [9.17, 15) is 8.42 Å². The van der Waals surface area contributed by atoms with Crippen molar-refractivity contribution in [1.82, 2.24) is 4.31 Å².